The lowest BCUT2D eigenvalue weighted by atomic mass is 9.83. The molecule has 6 heteroatoms. The maximum atomic E-state index is 12.5. The van der Waals surface area contributed by atoms with Crippen molar-refractivity contribution in [1.29, 1.82) is 0 Å². The highest BCUT2D eigenvalue weighted by molar-refractivity contribution is 5.76. The molecule has 2 aliphatic carbocycles. The summed E-state index contributed by atoms with van der Waals surface area (Å²) in [6.07, 6.45) is 10.3. The standard InChI is InChI=1S/C30H42N4O2/c1-3-5-17-31-29(35)33-27-11-7-9-21-13-15-23(19-25(21)27)24-16-14-22-10-8-12-28(26(22)20-24)34-30(36)32-18-6-4-2/h13-16,19-20,27-28H,3-12,17-18H2,1-2H3,(H2,31,33,35)(H2,32,34,36). The molecule has 2 unspecified atom stereocenters. The van der Waals surface area contributed by atoms with Crippen molar-refractivity contribution in [2.45, 2.75) is 90.1 Å². The van der Waals surface area contributed by atoms with Gasteiger partial charge >= 0.3 is 12.1 Å². The number of benzene rings is 2. The number of carbonyl (C=O) groups is 2. The molecule has 6 nitrogen and oxygen atoms in total. The molecule has 0 spiro atoms. The topological polar surface area (TPSA) is 82.3 Å². The Morgan fingerprint density at radius 3 is 1.58 bits per heavy atom. The number of rotatable bonds is 9. The van der Waals surface area contributed by atoms with Crippen LogP contribution in [0.2, 0.25) is 0 Å². The Hall–Kier alpha value is -3.02. The van der Waals surface area contributed by atoms with Gasteiger partial charge in [-0.2, -0.15) is 0 Å². The SMILES string of the molecule is CCCCNC(=O)NC1CCCc2ccc(-c3ccc4c(c3)C(NC(=O)NCCCC)CCC4)cc21. The van der Waals surface area contributed by atoms with Gasteiger partial charge in [-0.05, 0) is 96.9 Å². The van der Waals surface area contributed by atoms with Gasteiger partial charge in [0, 0.05) is 13.1 Å². The van der Waals surface area contributed by atoms with Gasteiger partial charge in [-0.15, -0.1) is 0 Å². The third kappa shape index (κ3) is 6.59. The highest BCUT2D eigenvalue weighted by Crippen LogP contribution is 2.36. The van der Waals surface area contributed by atoms with Crippen LogP contribution in [0.4, 0.5) is 9.59 Å². The molecule has 0 aromatic heterocycles. The van der Waals surface area contributed by atoms with E-state index in [1.54, 1.807) is 0 Å². The van der Waals surface area contributed by atoms with Gasteiger partial charge in [0.15, 0.2) is 0 Å². The number of urea groups is 2. The molecule has 0 saturated heterocycles. The van der Waals surface area contributed by atoms with Gasteiger partial charge in [0.1, 0.15) is 0 Å². The molecule has 0 bridgehead atoms. The summed E-state index contributed by atoms with van der Waals surface area (Å²) in [6.45, 7) is 5.67. The first kappa shape index (κ1) is 26.1. The molecule has 36 heavy (non-hydrogen) atoms. The molecule has 0 aliphatic heterocycles. The maximum absolute atomic E-state index is 12.5. The van der Waals surface area contributed by atoms with Crippen LogP contribution in [-0.4, -0.2) is 25.2 Å². The molecule has 0 heterocycles. The largest absolute Gasteiger partial charge is 0.338 e. The molecule has 0 fully saturated rings. The maximum Gasteiger partial charge on any atom is 0.315 e. The van der Waals surface area contributed by atoms with Crippen molar-refractivity contribution >= 4 is 12.1 Å². The highest BCUT2D eigenvalue weighted by atomic mass is 16.2. The average molecular weight is 491 g/mol. The number of amides is 4. The summed E-state index contributed by atoms with van der Waals surface area (Å²) in [5.74, 6) is 0. The van der Waals surface area contributed by atoms with Crippen molar-refractivity contribution in [3.63, 3.8) is 0 Å². The van der Waals surface area contributed by atoms with E-state index in [0.29, 0.717) is 13.1 Å². The van der Waals surface area contributed by atoms with Crippen molar-refractivity contribution in [2.75, 3.05) is 13.1 Å². The van der Waals surface area contributed by atoms with Gasteiger partial charge in [0.2, 0.25) is 0 Å². The van der Waals surface area contributed by atoms with Crippen molar-refractivity contribution in [3.8, 4) is 11.1 Å². The van der Waals surface area contributed by atoms with Gasteiger partial charge in [0.05, 0.1) is 12.1 Å². The molecule has 4 N–H and O–H groups in total. The highest BCUT2D eigenvalue weighted by Gasteiger charge is 2.24. The summed E-state index contributed by atoms with van der Waals surface area (Å²) < 4.78 is 0. The van der Waals surface area contributed by atoms with E-state index in [1.807, 2.05) is 0 Å². The Balaban J connectivity index is 1.52. The summed E-state index contributed by atoms with van der Waals surface area (Å²) >= 11 is 0. The third-order valence-corrected chi connectivity index (χ3v) is 7.50. The first-order chi connectivity index (χ1) is 17.6. The predicted octanol–water partition coefficient (Wildman–Crippen LogP) is 6.31. The van der Waals surface area contributed by atoms with Gasteiger partial charge < -0.3 is 21.3 Å². The second kappa shape index (κ2) is 12.8. The molecule has 2 aliphatic rings. The summed E-state index contributed by atoms with van der Waals surface area (Å²) in [4.78, 5) is 24.9. The lowest BCUT2D eigenvalue weighted by Crippen LogP contribution is -2.39. The van der Waals surface area contributed by atoms with Crippen molar-refractivity contribution in [2.24, 2.45) is 0 Å². The Morgan fingerprint density at radius 2 is 1.17 bits per heavy atom. The first-order valence-corrected chi connectivity index (χ1v) is 13.9. The quantitative estimate of drug-likeness (QED) is 0.311. The number of aryl methyl sites for hydroxylation is 2. The monoisotopic (exact) mass is 490 g/mol. The third-order valence-electron chi connectivity index (χ3n) is 7.50. The van der Waals surface area contributed by atoms with Crippen LogP contribution in [0.1, 0.15) is 99.6 Å². The van der Waals surface area contributed by atoms with Crippen LogP contribution in [0.3, 0.4) is 0 Å². The van der Waals surface area contributed by atoms with Crippen molar-refractivity contribution in [1.82, 2.24) is 21.3 Å². The molecule has 4 amide bonds. The number of fused-ring (bicyclic) bond motifs is 2. The number of unbranched alkanes of at least 4 members (excludes halogenated alkanes) is 2. The van der Waals surface area contributed by atoms with Crippen LogP contribution in [0.15, 0.2) is 36.4 Å². The molecular weight excluding hydrogens is 448 g/mol. The Bertz CT molecular complexity index is 968. The van der Waals surface area contributed by atoms with Gasteiger partial charge in [-0.25, -0.2) is 9.59 Å². The molecule has 0 radical (unpaired) electrons. The summed E-state index contributed by atoms with van der Waals surface area (Å²) in [5, 5.41) is 12.4. The van der Waals surface area contributed by atoms with E-state index in [2.05, 4.69) is 71.5 Å². The van der Waals surface area contributed by atoms with E-state index in [9.17, 15) is 9.59 Å². The lowest BCUT2D eigenvalue weighted by molar-refractivity contribution is 0.234. The predicted molar refractivity (Wildman–Crippen MR) is 146 cm³/mol. The number of hydrogen-bond donors (Lipinski definition) is 4. The van der Waals surface area contributed by atoms with Crippen molar-refractivity contribution < 1.29 is 9.59 Å². The summed E-state index contributed by atoms with van der Waals surface area (Å²) in [6, 6.07) is 13.3. The summed E-state index contributed by atoms with van der Waals surface area (Å²) in [7, 11) is 0. The van der Waals surface area contributed by atoms with Crippen molar-refractivity contribution in [3.05, 3.63) is 58.7 Å². The summed E-state index contributed by atoms with van der Waals surface area (Å²) in [5.41, 5.74) is 7.43. The van der Waals surface area contributed by atoms with E-state index >= 15 is 0 Å². The molecule has 2 aromatic carbocycles. The zero-order valence-electron chi connectivity index (χ0n) is 21.9. The van der Waals surface area contributed by atoms with Crippen LogP contribution in [0.5, 0.6) is 0 Å². The molecule has 194 valence electrons. The minimum atomic E-state index is -0.0772. The van der Waals surface area contributed by atoms with Gasteiger partial charge in [-0.3, -0.25) is 0 Å². The second-order valence-corrected chi connectivity index (χ2v) is 10.2. The fraction of sp³-hybridized carbons (Fsp3) is 0.533. The number of hydrogen-bond acceptors (Lipinski definition) is 2. The molecule has 2 aromatic rings. The second-order valence-electron chi connectivity index (χ2n) is 10.2. The Labute approximate surface area is 216 Å². The Kier molecular flexibility index (Phi) is 9.26. The van der Waals surface area contributed by atoms with E-state index < -0.39 is 0 Å². The molecule has 0 saturated carbocycles. The lowest BCUT2D eigenvalue weighted by Gasteiger charge is -2.28. The van der Waals surface area contributed by atoms with Crippen LogP contribution >= 0.6 is 0 Å². The molecular formula is C30H42N4O2. The van der Waals surface area contributed by atoms with Crippen LogP contribution < -0.4 is 21.3 Å². The van der Waals surface area contributed by atoms with Gasteiger partial charge in [0.25, 0.3) is 0 Å². The smallest absolute Gasteiger partial charge is 0.315 e. The Morgan fingerprint density at radius 1 is 0.722 bits per heavy atom. The molecule has 2 atom stereocenters. The number of carbonyl (C=O) groups excluding carboxylic acids is 2. The van der Waals surface area contributed by atoms with Crippen LogP contribution in [0.25, 0.3) is 11.1 Å². The minimum Gasteiger partial charge on any atom is -0.338 e. The van der Waals surface area contributed by atoms with Crippen LogP contribution in [-0.2, 0) is 12.8 Å². The van der Waals surface area contributed by atoms with Crippen LogP contribution in [0, 0.1) is 0 Å². The van der Waals surface area contributed by atoms with E-state index in [1.165, 1.54) is 22.3 Å². The number of nitrogens with one attached hydrogen (secondary N) is 4. The van der Waals surface area contributed by atoms with E-state index in [-0.39, 0.29) is 24.1 Å². The van der Waals surface area contributed by atoms with Gasteiger partial charge in [-0.1, -0.05) is 51.0 Å². The average Bonchev–Trinajstić information content (AvgIpc) is 2.89. The zero-order chi connectivity index (χ0) is 25.3. The first-order valence-electron chi connectivity index (χ1n) is 13.9. The fourth-order valence-electron chi connectivity index (χ4n) is 5.43. The normalized spacial score (nSPS) is 18.5. The van der Waals surface area contributed by atoms with E-state index in [0.717, 1.165) is 75.3 Å². The fourth-order valence-corrected chi connectivity index (χ4v) is 5.43. The molecule has 4 rings (SSSR count). The zero-order valence-corrected chi connectivity index (χ0v) is 21.9. The minimum absolute atomic E-state index is 0.0363. The van der Waals surface area contributed by atoms with E-state index in [4.69, 9.17) is 0 Å².